The van der Waals surface area contributed by atoms with Crippen molar-refractivity contribution in [1.82, 2.24) is 0 Å². The Bertz CT molecular complexity index is 261. The van der Waals surface area contributed by atoms with Gasteiger partial charge in [0.05, 0.1) is 27.0 Å². The van der Waals surface area contributed by atoms with E-state index in [0.29, 0.717) is 11.4 Å². The number of benzene rings is 1. The molecule has 0 aromatic heterocycles. The summed E-state index contributed by atoms with van der Waals surface area (Å²) in [5.41, 5.74) is 0.705. The van der Waals surface area contributed by atoms with Crippen LogP contribution in [0.4, 0.5) is 5.69 Å². The summed E-state index contributed by atoms with van der Waals surface area (Å²) in [6.07, 6.45) is 0. The first-order valence-electron chi connectivity index (χ1n) is 3.50. The zero-order chi connectivity index (χ0) is 8.97. The molecule has 1 aromatic rings. The summed E-state index contributed by atoms with van der Waals surface area (Å²) in [7, 11) is 8.45. The Morgan fingerprint density at radius 3 is 2.50 bits per heavy atom. The van der Waals surface area contributed by atoms with Gasteiger partial charge in [-0.05, 0) is 12.1 Å². The number of hydrogen-bond acceptors (Lipinski definition) is 3. The fourth-order valence-electron chi connectivity index (χ4n) is 0.927. The molecular formula is C9H11NO2. The average molecular weight is 165 g/mol. The fraction of sp³-hybridized carbons (Fsp3) is 0.222. The molecule has 0 unspecified atom stereocenters. The van der Waals surface area contributed by atoms with Gasteiger partial charge in [0.2, 0.25) is 0 Å². The van der Waals surface area contributed by atoms with Gasteiger partial charge in [-0.1, -0.05) is 0 Å². The van der Waals surface area contributed by atoms with E-state index in [9.17, 15) is 0 Å². The molecule has 3 heteroatoms. The van der Waals surface area contributed by atoms with Crippen LogP contribution in [0.25, 0.3) is 0 Å². The van der Waals surface area contributed by atoms with E-state index in [4.69, 9.17) is 16.5 Å². The van der Waals surface area contributed by atoms with E-state index in [1.165, 1.54) is 0 Å². The van der Waals surface area contributed by atoms with E-state index in [-0.39, 0.29) is 0 Å². The highest BCUT2D eigenvalue weighted by Gasteiger charge is 2.01. The van der Waals surface area contributed by atoms with Crippen LogP contribution in [0.2, 0.25) is 0 Å². The number of rotatable bonds is 3. The van der Waals surface area contributed by atoms with Crippen LogP contribution in [0.15, 0.2) is 18.2 Å². The Morgan fingerprint density at radius 1 is 1.25 bits per heavy atom. The van der Waals surface area contributed by atoms with Crippen molar-refractivity contribution in [3.63, 3.8) is 0 Å². The summed E-state index contributed by atoms with van der Waals surface area (Å²) >= 11 is 0. The third kappa shape index (κ3) is 1.61. The molecule has 2 radical (unpaired) electrons. The van der Waals surface area contributed by atoms with Crippen molar-refractivity contribution in [2.24, 2.45) is 0 Å². The molecule has 0 amide bonds. The quantitative estimate of drug-likeness (QED) is 0.692. The van der Waals surface area contributed by atoms with Crippen molar-refractivity contribution in [2.45, 2.75) is 0 Å². The topological polar surface area (TPSA) is 30.5 Å². The molecule has 0 spiro atoms. The van der Waals surface area contributed by atoms with Crippen molar-refractivity contribution < 1.29 is 9.47 Å². The van der Waals surface area contributed by atoms with Gasteiger partial charge in [-0.3, -0.25) is 0 Å². The van der Waals surface area contributed by atoms with Crippen molar-refractivity contribution in [2.75, 3.05) is 19.5 Å². The molecule has 12 heavy (non-hydrogen) atoms. The number of ether oxygens (including phenoxy) is 2. The number of hydrogen-bond donors (Lipinski definition) is 1. The maximum absolute atomic E-state index is 5.26. The minimum atomic E-state index is 0.693. The van der Waals surface area contributed by atoms with Crippen molar-refractivity contribution >= 4 is 5.69 Å². The summed E-state index contributed by atoms with van der Waals surface area (Å²) in [5, 5.41) is 2.52. The Balaban J connectivity index is 3.02. The highest BCUT2D eigenvalue weighted by Crippen LogP contribution is 2.28. The molecule has 0 atom stereocenters. The predicted molar refractivity (Wildman–Crippen MR) is 47.5 cm³/mol. The lowest BCUT2D eigenvalue weighted by Crippen LogP contribution is -1.92. The predicted octanol–water partition coefficient (Wildman–Crippen LogP) is 1.78. The second-order valence-electron chi connectivity index (χ2n) is 2.21. The summed E-state index contributed by atoms with van der Waals surface area (Å²) in [6.45, 7) is 0. The first-order valence-corrected chi connectivity index (χ1v) is 3.50. The highest BCUT2D eigenvalue weighted by atomic mass is 16.5. The molecule has 0 aliphatic heterocycles. The maximum atomic E-state index is 5.26. The molecule has 1 aromatic carbocycles. The summed E-state index contributed by atoms with van der Waals surface area (Å²) in [5.74, 6) is 1.43. The fourth-order valence-corrected chi connectivity index (χ4v) is 0.927. The van der Waals surface area contributed by atoms with Gasteiger partial charge in [0, 0.05) is 6.07 Å². The van der Waals surface area contributed by atoms with E-state index < -0.39 is 0 Å². The molecular weight excluding hydrogens is 154 g/mol. The third-order valence-electron chi connectivity index (χ3n) is 1.56. The molecule has 0 aliphatic rings. The number of nitrogens with one attached hydrogen (secondary N) is 1. The lowest BCUT2D eigenvalue weighted by atomic mass is 10.3. The van der Waals surface area contributed by atoms with Gasteiger partial charge in [0.15, 0.2) is 0 Å². The van der Waals surface area contributed by atoms with Crippen LogP contribution < -0.4 is 14.8 Å². The third-order valence-corrected chi connectivity index (χ3v) is 1.56. The molecule has 0 saturated heterocycles. The SMILES string of the molecule is [CH]Nc1cc(OC)ccc1OC. The van der Waals surface area contributed by atoms with E-state index in [1.54, 1.807) is 32.4 Å². The van der Waals surface area contributed by atoms with E-state index in [2.05, 4.69) is 5.32 Å². The van der Waals surface area contributed by atoms with Crippen LogP contribution in [0.3, 0.4) is 0 Å². The molecule has 3 nitrogen and oxygen atoms in total. The van der Waals surface area contributed by atoms with Gasteiger partial charge in [-0.25, -0.2) is 0 Å². The van der Waals surface area contributed by atoms with Crippen molar-refractivity contribution in [1.29, 1.82) is 0 Å². The van der Waals surface area contributed by atoms with E-state index >= 15 is 0 Å². The van der Waals surface area contributed by atoms with Crippen LogP contribution in [0.1, 0.15) is 0 Å². The number of methoxy groups -OCH3 is 2. The summed E-state index contributed by atoms with van der Waals surface area (Å²) < 4.78 is 10.0. The summed E-state index contributed by atoms with van der Waals surface area (Å²) in [4.78, 5) is 0. The first-order chi connectivity index (χ1) is 5.81. The molecule has 0 aliphatic carbocycles. The Hall–Kier alpha value is -1.38. The molecule has 0 bridgehead atoms. The molecule has 0 saturated carbocycles. The Morgan fingerprint density at radius 2 is 2.00 bits per heavy atom. The monoisotopic (exact) mass is 165 g/mol. The van der Waals surface area contributed by atoms with Gasteiger partial charge in [-0.2, -0.15) is 0 Å². The Kier molecular flexibility index (Phi) is 2.80. The molecule has 0 fully saturated rings. The lowest BCUT2D eigenvalue weighted by molar-refractivity contribution is 0.405. The number of anilines is 1. The minimum absolute atomic E-state index is 0.693. The van der Waals surface area contributed by atoms with Gasteiger partial charge >= 0.3 is 0 Å². The van der Waals surface area contributed by atoms with Crippen molar-refractivity contribution in [3.05, 3.63) is 25.2 Å². The van der Waals surface area contributed by atoms with Crippen LogP contribution in [-0.2, 0) is 0 Å². The van der Waals surface area contributed by atoms with Gasteiger partial charge < -0.3 is 14.8 Å². The summed E-state index contributed by atoms with van der Waals surface area (Å²) in [6, 6.07) is 5.35. The van der Waals surface area contributed by atoms with E-state index in [1.807, 2.05) is 0 Å². The van der Waals surface area contributed by atoms with Crippen LogP contribution in [0, 0.1) is 7.05 Å². The van der Waals surface area contributed by atoms with Crippen LogP contribution in [0.5, 0.6) is 11.5 Å². The van der Waals surface area contributed by atoms with Crippen LogP contribution >= 0.6 is 0 Å². The normalized spacial score (nSPS) is 9.25. The first kappa shape index (κ1) is 8.71. The van der Waals surface area contributed by atoms with Gasteiger partial charge in [0.1, 0.15) is 11.5 Å². The lowest BCUT2D eigenvalue weighted by Gasteiger charge is -2.08. The standard InChI is InChI=1S/C9H11NO2/c1-10-8-6-7(11-2)4-5-9(8)12-3/h1,4-6,10H,2-3H3. The molecule has 64 valence electrons. The van der Waals surface area contributed by atoms with Gasteiger partial charge in [0.25, 0.3) is 0 Å². The largest absolute Gasteiger partial charge is 0.497 e. The van der Waals surface area contributed by atoms with Crippen molar-refractivity contribution in [3.8, 4) is 11.5 Å². The van der Waals surface area contributed by atoms with E-state index in [0.717, 1.165) is 5.75 Å². The highest BCUT2D eigenvalue weighted by molar-refractivity contribution is 5.59. The Labute approximate surface area is 72.3 Å². The van der Waals surface area contributed by atoms with Crippen LogP contribution in [-0.4, -0.2) is 14.2 Å². The smallest absolute Gasteiger partial charge is 0.142 e. The average Bonchev–Trinajstić information content (AvgIpc) is 2.16. The maximum Gasteiger partial charge on any atom is 0.142 e. The zero-order valence-electron chi connectivity index (χ0n) is 7.13. The zero-order valence-corrected chi connectivity index (χ0v) is 7.13. The second-order valence-corrected chi connectivity index (χ2v) is 2.21. The molecule has 0 heterocycles. The molecule has 1 N–H and O–H groups in total. The molecule has 1 rings (SSSR count). The minimum Gasteiger partial charge on any atom is -0.497 e. The second kappa shape index (κ2) is 3.85. The van der Waals surface area contributed by atoms with Gasteiger partial charge in [-0.15, -0.1) is 0 Å².